The summed E-state index contributed by atoms with van der Waals surface area (Å²) in [6.45, 7) is 2.77. The van der Waals surface area contributed by atoms with Crippen molar-refractivity contribution in [1.82, 2.24) is 0 Å². The van der Waals surface area contributed by atoms with Crippen LogP contribution in [-0.4, -0.2) is 24.4 Å². The van der Waals surface area contributed by atoms with E-state index < -0.39 is 6.10 Å². The molecule has 23 heavy (non-hydrogen) atoms. The van der Waals surface area contributed by atoms with Crippen molar-refractivity contribution < 1.29 is 9.84 Å². The fraction of sp³-hybridized carbons (Fsp3) is 0.200. The van der Waals surface area contributed by atoms with Crippen molar-refractivity contribution in [2.75, 3.05) is 18.5 Å². The van der Waals surface area contributed by atoms with Crippen molar-refractivity contribution in [2.24, 2.45) is 0 Å². The Kier molecular flexibility index (Phi) is 4.79. The summed E-state index contributed by atoms with van der Waals surface area (Å²) < 4.78 is 5.69. The number of aliphatic hydroxyl groups excluding tert-OH is 1. The zero-order chi connectivity index (χ0) is 16.1. The molecule has 0 fully saturated rings. The highest BCUT2D eigenvalue weighted by Gasteiger charge is 2.06. The molecule has 2 N–H and O–H groups in total. The molecule has 0 spiro atoms. The summed E-state index contributed by atoms with van der Waals surface area (Å²) in [6, 6.07) is 22.2. The third-order valence-electron chi connectivity index (χ3n) is 3.76. The van der Waals surface area contributed by atoms with Gasteiger partial charge in [0.2, 0.25) is 0 Å². The fourth-order valence-electron chi connectivity index (χ4n) is 2.42. The Morgan fingerprint density at radius 2 is 1.70 bits per heavy atom. The number of anilines is 1. The number of aliphatic hydroxyl groups is 1. The van der Waals surface area contributed by atoms with Gasteiger partial charge >= 0.3 is 0 Å². The van der Waals surface area contributed by atoms with Crippen LogP contribution in [0.2, 0.25) is 0 Å². The molecule has 0 heterocycles. The third kappa shape index (κ3) is 4.24. The molecule has 3 heteroatoms. The van der Waals surface area contributed by atoms with E-state index in [1.807, 2.05) is 54.6 Å². The van der Waals surface area contributed by atoms with Crippen LogP contribution in [0.3, 0.4) is 0 Å². The lowest BCUT2D eigenvalue weighted by Gasteiger charge is -2.14. The smallest absolute Gasteiger partial charge is 0.120 e. The van der Waals surface area contributed by atoms with Gasteiger partial charge in [0.15, 0.2) is 0 Å². The lowest BCUT2D eigenvalue weighted by Crippen LogP contribution is -2.26. The van der Waals surface area contributed by atoms with Crippen LogP contribution in [0.1, 0.15) is 5.56 Å². The molecule has 0 amide bonds. The lowest BCUT2D eigenvalue weighted by molar-refractivity contribution is 0.117. The fourth-order valence-corrected chi connectivity index (χ4v) is 2.42. The number of hydrogen-bond donors (Lipinski definition) is 2. The molecule has 0 aliphatic heterocycles. The number of fused-ring (bicyclic) bond motifs is 1. The Labute approximate surface area is 136 Å². The van der Waals surface area contributed by atoms with Crippen molar-refractivity contribution >= 4 is 16.5 Å². The maximum atomic E-state index is 10.1. The maximum Gasteiger partial charge on any atom is 0.120 e. The van der Waals surface area contributed by atoms with Crippen LogP contribution in [-0.2, 0) is 0 Å². The number of benzene rings is 3. The highest BCUT2D eigenvalue weighted by Crippen LogP contribution is 2.20. The quantitative estimate of drug-likeness (QED) is 0.723. The zero-order valence-corrected chi connectivity index (χ0v) is 13.2. The first-order chi connectivity index (χ1) is 11.2. The van der Waals surface area contributed by atoms with Gasteiger partial charge in [0, 0.05) is 12.2 Å². The molecule has 0 saturated heterocycles. The molecule has 3 aromatic carbocycles. The minimum absolute atomic E-state index is 0.261. The number of ether oxygens (including phenoxy) is 1. The van der Waals surface area contributed by atoms with Crippen LogP contribution >= 0.6 is 0 Å². The van der Waals surface area contributed by atoms with E-state index in [-0.39, 0.29) is 6.61 Å². The molecule has 118 valence electrons. The van der Waals surface area contributed by atoms with Crippen molar-refractivity contribution in [3.05, 3.63) is 72.3 Å². The Balaban J connectivity index is 1.51. The summed E-state index contributed by atoms with van der Waals surface area (Å²) in [5.74, 6) is 0.776. The monoisotopic (exact) mass is 307 g/mol. The molecule has 3 aromatic rings. The van der Waals surface area contributed by atoms with Crippen LogP contribution in [0.15, 0.2) is 66.7 Å². The van der Waals surface area contributed by atoms with Crippen LogP contribution in [0.25, 0.3) is 10.8 Å². The molecule has 0 radical (unpaired) electrons. The SMILES string of the molecule is Cc1ccc(NCC(O)COc2ccc3ccccc3c2)cc1. The van der Waals surface area contributed by atoms with E-state index in [1.165, 1.54) is 10.9 Å². The summed E-state index contributed by atoms with van der Waals surface area (Å²) in [7, 11) is 0. The average Bonchev–Trinajstić information content (AvgIpc) is 2.59. The third-order valence-corrected chi connectivity index (χ3v) is 3.76. The molecule has 1 unspecified atom stereocenters. The Hall–Kier alpha value is -2.52. The predicted molar refractivity (Wildman–Crippen MR) is 95.1 cm³/mol. The Morgan fingerprint density at radius 3 is 2.48 bits per heavy atom. The van der Waals surface area contributed by atoms with Crippen LogP contribution < -0.4 is 10.1 Å². The van der Waals surface area contributed by atoms with Gasteiger partial charge in [-0.1, -0.05) is 48.0 Å². The molecule has 0 saturated carbocycles. The second kappa shape index (κ2) is 7.16. The van der Waals surface area contributed by atoms with Gasteiger partial charge in [-0.15, -0.1) is 0 Å². The normalized spacial score (nSPS) is 12.1. The summed E-state index contributed by atoms with van der Waals surface area (Å²) >= 11 is 0. The highest BCUT2D eigenvalue weighted by molar-refractivity contribution is 5.83. The average molecular weight is 307 g/mol. The van der Waals surface area contributed by atoms with Crippen molar-refractivity contribution in [2.45, 2.75) is 13.0 Å². The van der Waals surface area contributed by atoms with Gasteiger partial charge in [0.25, 0.3) is 0 Å². The second-order valence-electron chi connectivity index (χ2n) is 5.72. The van der Waals surface area contributed by atoms with Gasteiger partial charge in [0.1, 0.15) is 18.5 Å². The largest absolute Gasteiger partial charge is 0.491 e. The van der Waals surface area contributed by atoms with E-state index in [0.717, 1.165) is 16.8 Å². The summed E-state index contributed by atoms with van der Waals surface area (Å²) in [4.78, 5) is 0. The second-order valence-corrected chi connectivity index (χ2v) is 5.72. The van der Waals surface area contributed by atoms with Gasteiger partial charge in [-0.3, -0.25) is 0 Å². The van der Waals surface area contributed by atoms with Gasteiger partial charge in [0.05, 0.1) is 0 Å². The first-order valence-electron chi connectivity index (χ1n) is 7.81. The molecular weight excluding hydrogens is 286 g/mol. The van der Waals surface area contributed by atoms with Crippen LogP contribution in [0, 0.1) is 6.92 Å². The lowest BCUT2D eigenvalue weighted by atomic mass is 10.1. The van der Waals surface area contributed by atoms with E-state index in [4.69, 9.17) is 4.74 Å². The van der Waals surface area contributed by atoms with Gasteiger partial charge in [-0.05, 0) is 42.0 Å². The van der Waals surface area contributed by atoms with Crippen molar-refractivity contribution in [3.8, 4) is 5.75 Å². The minimum Gasteiger partial charge on any atom is -0.491 e. The van der Waals surface area contributed by atoms with Crippen molar-refractivity contribution in [1.29, 1.82) is 0 Å². The Morgan fingerprint density at radius 1 is 0.957 bits per heavy atom. The summed E-state index contributed by atoms with van der Waals surface area (Å²) in [6.07, 6.45) is -0.567. The van der Waals surface area contributed by atoms with E-state index in [9.17, 15) is 5.11 Å². The Bertz CT molecular complexity index is 768. The summed E-state index contributed by atoms with van der Waals surface area (Å²) in [5.41, 5.74) is 2.22. The molecule has 0 aliphatic carbocycles. The molecule has 3 nitrogen and oxygen atoms in total. The molecule has 3 rings (SSSR count). The first kappa shape index (κ1) is 15.4. The number of hydrogen-bond acceptors (Lipinski definition) is 3. The topological polar surface area (TPSA) is 41.5 Å². The molecule has 0 aromatic heterocycles. The molecule has 1 atom stereocenters. The van der Waals surface area contributed by atoms with E-state index in [1.54, 1.807) is 0 Å². The number of rotatable bonds is 6. The van der Waals surface area contributed by atoms with Crippen molar-refractivity contribution in [3.63, 3.8) is 0 Å². The first-order valence-corrected chi connectivity index (χ1v) is 7.81. The molecular formula is C20H21NO2. The van der Waals surface area contributed by atoms with Gasteiger partial charge in [-0.2, -0.15) is 0 Å². The minimum atomic E-state index is -0.567. The van der Waals surface area contributed by atoms with E-state index in [0.29, 0.717) is 6.54 Å². The summed E-state index contributed by atoms with van der Waals surface area (Å²) in [5, 5.41) is 15.6. The molecule has 0 bridgehead atoms. The zero-order valence-electron chi connectivity index (χ0n) is 13.2. The maximum absolute atomic E-state index is 10.1. The number of aryl methyl sites for hydroxylation is 1. The van der Waals surface area contributed by atoms with Crippen LogP contribution in [0.5, 0.6) is 5.75 Å². The van der Waals surface area contributed by atoms with Gasteiger partial charge in [-0.25, -0.2) is 0 Å². The van der Waals surface area contributed by atoms with E-state index in [2.05, 4.69) is 24.4 Å². The standard InChI is InChI=1S/C20H21NO2/c1-15-6-9-18(10-7-15)21-13-19(22)14-23-20-11-8-16-4-2-3-5-17(16)12-20/h2-12,19,21-22H,13-14H2,1H3. The van der Waals surface area contributed by atoms with E-state index >= 15 is 0 Å². The molecule has 0 aliphatic rings. The predicted octanol–water partition coefficient (Wildman–Crippen LogP) is 4.00. The van der Waals surface area contributed by atoms with Crippen LogP contribution in [0.4, 0.5) is 5.69 Å². The van der Waals surface area contributed by atoms with Gasteiger partial charge < -0.3 is 15.2 Å². The number of nitrogens with one attached hydrogen (secondary N) is 1. The highest BCUT2D eigenvalue weighted by atomic mass is 16.5.